The molecule has 5 heteroatoms. The smallest absolute Gasteiger partial charge is 0.336 e. The topological polar surface area (TPSA) is 76.0 Å². The standard InChI is InChI=1S/C13H18O5/c1-13(12(15)16,18-8-7-14)9-10-5-3-4-6-11(10)17-2/h3-6,14H,7-9H2,1-2H3,(H,15,16). The molecule has 1 unspecified atom stereocenters. The van der Waals surface area contributed by atoms with Crippen molar-refractivity contribution >= 4 is 5.97 Å². The Bertz CT molecular complexity index is 404. The first kappa shape index (κ1) is 14.5. The van der Waals surface area contributed by atoms with Gasteiger partial charge in [-0.2, -0.15) is 0 Å². The molecule has 0 bridgehead atoms. The summed E-state index contributed by atoms with van der Waals surface area (Å²) in [5.74, 6) is -0.445. The van der Waals surface area contributed by atoms with Crippen LogP contribution >= 0.6 is 0 Å². The highest BCUT2D eigenvalue weighted by molar-refractivity contribution is 5.77. The van der Waals surface area contributed by atoms with Crippen LogP contribution in [-0.2, 0) is 16.0 Å². The molecule has 0 aliphatic rings. The van der Waals surface area contributed by atoms with E-state index in [9.17, 15) is 9.90 Å². The minimum Gasteiger partial charge on any atom is -0.496 e. The molecule has 0 aliphatic heterocycles. The van der Waals surface area contributed by atoms with E-state index >= 15 is 0 Å². The molecule has 2 N–H and O–H groups in total. The summed E-state index contributed by atoms with van der Waals surface area (Å²) < 4.78 is 10.4. The van der Waals surface area contributed by atoms with Gasteiger partial charge < -0.3 is 19.7 Å². The highest BCUT2D eigenvalue weighted by atomic mass is 16.5. The predicted molar refractivity (Wildman–Crippen MR) is 65.8 cm³/mol. The minimum absolute atomic E-state index is 0.0159. The number of carbonyl (C=O) groups is 1. The largest absolute Gasteiger partial charge is 0.496 e. The Kier molecular flexibility index (Phi) is 5.12. The molecule has 0 radical (unpaired) electrons. The van der Waals surface area contributed by atoms with E-state index in [1.54, 1.807) is 12.1 Å². The Morgan fingerprint density at radius 3 is 2.61 bits per heavy atom. The molecule has 0 amide bonds. The van der Waals surface area contributed by atoms with Crippen molar-refractivity contribution in [3.63, 3.8) is 0 Å². The molecular formula is C13H18O5. The van der Waals surface area contributed by atoms with Crippen LogP contribution in [0.1, 0.15) is 12.5 Å². The van der Waals surface area contributed by atoms with Crippen molar-refractivity contribution in [3.05, 3.63) is 29.8 Å². The number of aliphatic hydroxyl groups is 1. The second-order valence-electron chi connectivity index (χ2n) is 4.10. The van der Waals surface area contributed by atoms with Crippen molar-refractivity contribution in [2.24, 2.45) is 0 Å². The van der Waals surface area contributed by atoms with Crippen LogP contribution in [-0.4, -0.2) is 42.1 Å². The van der Waals surface area contributed by atoms with Gasteiger partial charge in [0.2, 0.25) is 0 Å². The second kappa shape index (κ2) is 6.37. The van der Waals surface area contributed by atoms with Gasteiger partial charge in [-0.3, -0.25) is 0 Å². The third kappa shape index (κ3) is 3.45. The molecule has 5 nitrogen and oxygen atoms in total. The van der Waals surface area contributed by atoms with E-state index in [0.717, 1.165) is 5.56 Å². The second-order valence-corrected chi connectivity index (χ2v) is 4.10. The lowest BCUT2D eigenvalue weighted by Crippen LogP contribution is -2.41. The van der Waals surface area contributed by atoms with Crippen LogP contribution in [0.15, 0.2) is 24.3 Å². The van der Waals surface area contributed by atoms with E-state index < -0.39 is 11.6 Å². The van der Waals surface area contributed by atoms with E-state index in [-0.39, 0.29) is 19.6 Å². The lowest BCUT2D eigenvalue weighted by atomic mass is 9.95. The van der Waals surface area contributed by atoms with E-state index in [4.69, 9.17) is 14.6 Å². The molecule has 1 rings (SSSR count). The summed E-state index contributed by atoms with van der Waals surface area (Å²) >= 11 is 0. The SMILES string of the molecule is COc1ccccc1CC(C)(OCCO)C(=O)O. The number of aliphatic hydroxyl groups excluding tert-OH is 1. The molecule has 0 heterocycles. The van der Waals surface area contributed by atoms with Gasteiger partial charge in [0.05, 0.1) is 20.3 Å². The number of para-hydroxylation sites is 1. The van der Waals surface area contributed by atoms with E-state index in [1.807, 2.05) is 12.1 Å². The highest BCUT2D eigenvalue weighted by Crippen LogP contribution is 2.25. The maximum atomic E-state index is 11.3. The van der Waals surface area contributed by atoms with Crippen LogP contribution in [0, 0.1) is 0 Å². The van der Waals surface area contributed by atoms with Crippen LogP contribution in [0.3, 0.4) is 0 Å². The van der Waals surface area contributed by atoms with Gasteiger partial charge in [-0.1, -0.05) is 18.2 Å². The number of methoxy groups -OCH3 is 1. The van der Waals surface area contributed by atoms with Crippen molar-refractivity contribution < 1.29 is 24.5 Å². The molecule has 0 spiro atoms. The first-order valence-corrected chi connectivity index (χ1v) is 5.63. The van der Waals surface area contributed by atoms with Crippen LogP contribution in [0.25, 0.3) is 0 Å². The summed E-state index contributed by atoms with van der Waals surface area (Å²) in [6, 6.07) is 7.19. The van der Waals surface area contributed by atoms with Gasteiger partial charge in [0.25, 0.3) is 0 Å². The average Bonchev–Trinajstić information content (AvgIpc) is 2.37. The molecule has 0 aliphatic carbocycles. The Morgan fingerprint density at radius 1 is 1.39 bits per heavy atom. The zero-order valence-corrected chi connectivity index (χ0v) is 10.5. The number of hydrogen-bond acceptors (Lipinski definition) is 4. The number of carboxylic acids is 1. The van der Waals surface area contributed by atoms with Crippen LogP contribution in [0.2, 0.25) is 0 Å². The molecule has 0 fully saturated rings. The fourth-order valence-corrected chi connectivity index (χ4v) is 1.67. The van der Waals surface area contributed by atoms with Gasteiger partial charge in [0, 0.05) is 6.42 Å². The molecule has 1 atom stereocenters. The van der Waals surface area contributed by atoms with Crippen molar-refractivity contribution in [1.29, 1.82) is 0 Å². The molecule has 1 aromatic rings. The summed E-state index contributed by atoms with van der Waals surface area (Å²) in [5.41, 5.74) is -0.625. The van der Waals surface area contributed by atoms with E-state index in [1.165, 1.54) is 14.0 Å². The number of ether oxygens (including phenoxy) is 2. The fraction of sp³-hybridized carbons (Fsp3) is 0.462. The third-order valence-electron chi connectivity index (χ3n) is 2.68. The summed E-state index contributed by atoms with van der Waals surface area (Å²) in [5, 5.41) is 18.0. The minimum atomic E-state index is -1.38. The summed E-state index contributed by atoms with van der Waals surface area (Å²) in [7, 11) is 1.53. The van der Waals surface area contributed by atoms with Crippen LogP contribution in [0.5, 0.6) is 5.75 Å². The van der Waals surface area contributed by atoms with Crippen molar-refractivity contribution in [2.75, 3.05) is 20.3 Å². The average molecular weight is 254 g/mol. The first-order valence-electron chi connectivity index (χ1n) is 5.63. The fourth-order valence-electron chi connectivity index (χ4n) is 1.67. The Balaban J connectivity index is 2.92. The molecule has 0 saturated carbocycles. The van der Waals surface area contributed by atoms with Crippen molar-refractivity contribution in [1.82, 2.24) is 0 Å². The summed E-state index contributed by atoms with van der Waals surface area (Å²) in [4.78, 5) is 11.3. The third-order valence-corrected chi connectivity index (χ3v) is 2.68. The van der Waals surface area contributed by atoms with Gasteiger partial charge >= 0.3 is 5.97 Å². The zero-order chi connectivity index (χ0) is 13.6. The number of hydrogen-bond donors (Lipinski definition) is 2. The zero-order valence-electron chi connectivity index (χ0n) is 10.5. The van der Waals surface area contributed by atoms with Gasteiger partial charge in [0.1, 0.15) is 5.75 Å². The molecule has 0 saturated heterocycles. The Hall–Kier alpha value is -1.59. The normalized spacial score (nSPS) is 13.9. The van der Waals surface area contributed by atoms with E-state index in [0.29, 0.717) is 5.75 Å². The number of rotatable bonds is 7. The summed E-state index contributed by atoms with van der Waals surface area (Å²) in [6.07, 6.45) is 0.173. The number of benzene rings is 1. The Labute approximate surface area is 106 Å². The molecular weight excluding hydrogens is 236 g/mol. The predicted octanol–water partition coefficient (Wildman–Crippen LogP) is 1.09. The number of carboxylic acid groups (broad SMARTS) is 1. The Morgan fingerprint density at radius 2 is 2.06 bits per heavy atom. The summed E-state index contributed by atoms with van der Waals surface area (Å²) in [6.45, 7) is 1.25. The van der Waals surface area contributed by atoms with Gasteiger partial charge in [-0.05, 0) is 18.6 Å². The maximum absolute atomic E-state index is 11.3. The number of aliphatic carboxylic acids is 1. The van der Waals surface area contributed by atoms with Gasteiger partial charge in [0.15, 0.2) is 5.60 Å². The maximum Gasteiger partial charge on any atom is 0.336 e. The lowest BCUT2D eigenvalue weighted by Gasteiger charge is -2.25. The monoisotopic (exact) mass is 254 g/mol. The van der Waals surface area contributed by atoms with Gasteiger partial charge in [-0.15, -0.1) is 0 Å². The van der Waals surface area contributed by atoms with Crippen LogP contribution in [0.4, 0.5) is 0 Å². The highest BCUT2D eigenvalue weighted by Gasteiger charge is 2.35. The molecule has 18 heavy (non-hydrogen) atoms. The molecule has 0 aromatic heterocycles. The van der Waals surface area contributed by atoms with E-state index in [2.05, 4.69) is 0 Å². The lowest BCUT2D eigenvalue weighted by molar-refractivity contribution is -0.164. The first-order chi connectivity index (χ1) is 8.53. The van der Waals surface area contributed by atoms with Crippen molar-refractivity contribution in [2.45, 2.75) is 18.9 Å². The quantitative estimate of drug-likeness (QED) is 0.761. The molecule has 1 aromatic carbocycles. The van der Waals surface area contributed by atoms with Gasteiger partial charge in [-0.25, -0.2) is 4.79 Å². The molecule has 100 valence electrons. The van der Waals surface area contributed by atoms with Crippen LogP contribution < -0.4 is 4.74 Å². The van der Waals surface area contributed by atoms with Crippen molar-refractivity contribution in [3.8, 4) is 5.75 Å².